The van der Waals surface area contributed by atoms with E-state index in [0.717, 1.165) is 30.2 Å². The van der Waals surface area contributed by atoms with Gasteiger partial charge in [0.25, 0.3) is 0 Å². The average molecular weight is 297 g/mol. The van der Waals surface area contributed by atoms with Gasteiger partial charge in [-0.15, -0.1) is 0 Å². The molecule has 2 aromatic heterocycles. The Morgan fingerprint density at radius 1 is 1.23 bits per heavy atom. The van der Waals surface area contributed by atoms with Crippen LogP contribution in [-0.2, 0) is 11.3 Å². The quantitative estimate of drug-likeness (QED) is 0.909. The first-order chi connectivity index (χ1) is 10.8. The van der Waals surface area contributed by atoms with Crippen LogP contribution in [0, 0.1) is 0 Å². The van der Waals surface area contributed by atoms with Crippen molar-refractivity contribution in [1.29, 1.82) is 0 Å². The molecule has 0 saturated heterocycles. The van der Waals surface area contributed by atoms with E-state index >= 15 is 0 Å². The van der Waals surface area contributed by atoms with Crippen LogP contribution in [-0.4, -0.2) is 33.4 Å². The standard InChI is InChI=1S/C16H19N5O/c1-12(16-17-7-2-8-18-16)19-11-14-3-4-15(21-20-14)13-5-9-22-10-6-13/h2-5,7-8,12,19H,6,9-11H2,1H3. The zero-order chi connectivity index (χ0) is 15.2. The molecule has 3 rings (SSSR count). The molecule has 1 aliphatic rings. The van der Waals surface area contributed by atoms with Crippen LogP contribution in [0.2, 0.25) is 0 Å². The van der Waals surface area contributed by atoms with Gasteiger partial charge in [0.15, 0.2) is 0 Å². The van der Waals surface area contributed by atoms with Gasteiger partial charge in [0, 0.05) is 18.9 Å². The van der Waals surface area contributed by atoms with Gasteiger partial charge in [-0.3, -0.25) is 0 Å². The second-order valence-electron chi connectivity index (χ2n) is 5.17. The first kappa shape index (κ1) is 14.7. The molecular formula is C16H19N5O. The largest absolute Gasteiger partial charge is 0.377 e. The molecule has 114 valence electrons. The van der Waals surface area contributed by atoms with Crippen LogP contribution in [0.1, 0.15) is 36.6 Å². The Kier molecular flexibility index (Phi) is 4.82. The summed E-state index contributed by atoms with van der Waals surface area (Å²) in [5, 5.41) is 11.9. The minimum absolute atomic E-state index is 0.0703. The molecule has 2 aromatic rings. The molecule has 1 N–H and O–H groups in total. The molecule has 3 heterocycles. The van der Waals surface area contributed by atoms with E-state index in [9.17, 15) is 0 Å². The smallest absolute Gasteiger partial charge is 0.144 e. The normalized spacial score (nSPS) is 16.1. The summed E-state index contributed by atoms with van der Waals surface area (Å²) in [5.74, 6) is 0.777. The lowest BCUT2D eigenvalue weighted by molar-refractivity contribution is 0.161. The molecule has 0 aromatic carbocycles. The number of rotatable bonds is 5. The van der Waals surface area contributed by atoms with Crippen molar-refractivity contribution in [2.75, 3.05) is 13.2 Å². The molecule has 1 aliphatic heterocycles. The van der Waals surface area contributed by atoms with E-state index in [0.29, 0.717) is 13.2 Å². The zero-order valence-corrected chi connectivity index (χ0v) is 12.6. The van der Waals surface area contributed by atoms with Crippen molar-refractivity contribution in [3.8, 4) is 0 Å². The van der Waals surface area contributed by atoms with E-state index in [1.165, 1.54) is 5.57 Å². The van der Waals surface area contributed by atoms with Crippen molar-refractivity contribution in [3.05, 3.63) is 53.9 Å². The minimum atomic E-state index is 0.0703. The van der Waals surface area contributed by atoms with Crippen molar-refractivity contribution in [2.45, 2.75) is 25.9 Å². The number of hydrogen-bond donors (Lipinski definition) is 1. The lowest BCUT2D eigenvalue weighted by atomic mass is 10.1. The maximum Gasteiger partial charge on any atom is 0.144 e. The number of ether oxygens (including phenoxy) is 1. The monoisotopic (exact) mass is 297 g/mol. The van der Waals surface area contributed by atoms with Crippen LogP contribution in [0.5, 0.6) is 0 Å². The number of nitrogens with zero attached hydrogens (tertiary/aromatic N) is 4. The van der Waals surface area contributed by atoms with E-state index in [1.807, 2.05) is 25.1 Å². The second-order valence-corrected chi connectivity index (χ2v) is 5.17. The highest BCUT2D eigenvalue weighted by Crippen LogP contribution is 2.18. The Morgan fingerprint density at radius 2 is 2.09 bits per heavy atom. The van der Waals surface area contributed by atoms with Gasteiger partial charge in [0.05, 0.1) is 30.6 Å². The first-order valence-electron chi connectivity index (χ1n) is 7.43. The van der Waals surface area contributed by atoms with Crippen molar-refractivity contribution in [3.63, 3.8) is 0 Å². The fraction of sp³-hybridized carbons (Fsp3) is 0.375. The lowest BCUT2D eigenvalue weighted by Crippen LogP contribution is -2.21. The van der Waals surface area contributed by atoms with Crippen molar-refractivity contribution in [1.82, 2.24) is 25.5 Å². The van der Waals surface area contributed by atoms with Gasteiger partial charge in [-0.2, -0.15) is 10.2 Å². The SMILES string of the molecule is CC(NCc1ccc(C2=CCOCC2)nn1)c1ncccn1. The van der Waals surface area contributed by atoms with Crippen LogP contribution in [0.4, 0.5) is 0 Å². The van der Waals surface area contributed by atoms with Gasteiger partial charge in [-0.05, 0) is 37.1 Å². The van der Waals surface area contributed by atoms with E-state index < -0.39 is 0 Å². The molecule has 0 amide bonds. The molecule has 0 aliphatic carbocycles. The van der Waals surface area contributed by atoms with Crippen LogP contribution in [0.15, 0.2) is 36.7 Å². The molecule has 0 bridgehead atoms. The van der Waals surface area contributed by atoms with Gasteiger partial charge in [-0.25, -0.2) is 9.97 Å². The summed E-state index contributed by atoms with van der Waals surface area (Å²) in [6.07, 6.45) is 6.46. The highest BCUT2D eigenvalue weighted by Gasteiger charge is 2.10. The zero-order valence-electron chi connectivity index (χ0n) is 12.6. The molecule has 22 heavy (non-hydrogen) atoms. The average Bonchev–Trinajstić information content (AvgIpc) is 2.61. The minimum Gasteiger partial charge on any atom is -0.377 e. The maximum absolute atomic E-state index is 5.31. The molecule has 6 nitrogen and oxygen atoms in total. The van der Waals surface area contributed by atoms with Crippen LogP contribution in [0.25, 0.3) is 5.57 Å². The van der Waals surface area contributed by atoms with Gasteiger partial charge < -0.3 is 10.1 Å². The number of aromatic nitrogens is 4. The van der Waals surface area contributed by atoms with Crippen molar-refractivity contribution < 1.29 is 4.74 Å². The fourth-order valence-corrected chi connectivity index (χ4v) is 2.27. The Labute approximate surface area is 129 Å². The van der Waals surface area contributed by atoms with Crippen molar-refractivity contribution >= 4 is 5.57 Å². The Hall–Kier alpha value is -2.18. The van der Waals surface area contributed by atoms with Gasteiger partial charge >= 0.3 is 0 Å². The highest BCUT2D eigenvalue weighted by atomic mass is 16.5. The molecule has 1 atom stereocenters. The summed E-state index contributed by atoms with van der Waals surface area (Å²) in [5.41, 5.74) is 3.05. The van der Waals surface area contributed by atoms with E-state index in [-0.39, 0.29) is 6.04 Å². The third-order valence-electron chi connectivity index (χ3n) is 3.57. The van der Waals surface area contributed by atoms with Crippen LogP contribution >= 0.6 is 0 Å². The summed E-state index contributed by atoms with van der Waals surface area (Å²) < 4.78 is 5.31. The maximum atomic E-state index is 5.31. The fourth-order valence-electron chi connectivity index (χ4n) is 2.27. The van der Waals surface area contributed by atoms with E-state index in [1.54, 1.807) is 12.4 Å². The summed E-state index contributed by atoms with van der Waals surface area (Å²) in [4.78, 5) is 8.47. The highest BCUT2D eigenvalue weighted by molar-refractivity contribution is 5.62. The first-order valence-corrected chi connectivity index (χ1v) is 7.43. The summed E-state index contributed by atoms with van der Waals surface area (Å²) >= 11 is 0. The van der Waals surface area contributed by atoms with Gasteiger partial charge in [0.2, 0.25) is 0 Å². The van der Waals surface area contributed by atoms with Gasteiger partial charge in [0.1, 0.15) is 5.82 Å². The van der Waals surface area contributed by atoms with Gasteiger partial charge in [-0.1, -0.05) is 6.08 Å². The third-order valence-corrected chi connectivity index (χ3v) is 3.57. The Bertz CT molecular complexity index is 627. The number of hydrogen-bond acceptors (Lipinski definition) is 6. The van der Waals surface area contributed by atoms with E-state index in [2.05, 4.69) is 31.6 Å². The summed E-state index contributed by atoms with van der Waals surface area (Å²) in [6, 6.07) is 5.90. The Balaban J connectivity index is 1.58. The molecule has 0 radical (unpaired) electrons. The van der Waals surface area contributed by atoms with Crippen LogP contribution in [0.3, 0.4) is 0 Å². The Morgan fingerprint density at radius 3 is 2.77 bits per heavy atom. The molecule has 0 fully saturated rings. The summed E-state index contributed by atoms with van der Waals surface area (Å²) in [7, 11) is 0. The molecular weight excluding hydrogens is 278 g/mol. The van der Waals surface area contributed by atoms with Crippen molar-refractivity contribution in [2.24, 2.45) is 0 Å². The molecule has 1 unspecified atom stereocenters. The van der Waals surface area contributed by atoms with Crippen LogP contribution < -0.4 is 5.32 Å². The predicted molar refractivity (Wildman–Crippen MR) is 82.7 cm³/mol. The second kappa shape index (κ2) is 7.20. The lowest BCUT2D eigenvalue weighted by Gasteiger charge is -2.13. The topological polar surface area (TPSA) is 72.8 Å². The molecule has 0 spiro atoms. The van der Waals surface area contributed by atoms with E-state index in [4.69, 9.17) is 4.74 Å². The molecule has 6 heteroatoms. The number of nitrogens with one attached hydrogen (secondary N) is 1. The summed E-state index contributed by atoms with van der Waals surface area (Å²) in [6.45, 7) is 4.08. The predicted octanol–water partition coefficient (Wildman–Crippen LogP) is 1.92. The third kappa shape index (κ3) is 3.72. The molecule has 0 saturated carbocycles.